The van der Waals surface area contributed by atoms with Gasteiger partial charge in [0.1, 0.15) is 0 Å². The zero-order valence-electron chi connectivity index (χ0n) is 8.21. The van der Waals surface area contributed by atoms with E-state index in [4.69, 9.17) is 4.55 Å². The third-order valence-electron chi connectivity index (χ3n) is 1.26. The Kier molecular flexibility index (Phi) is 9.91. The number of hydrogen-bond donors (Lipinski definition) is 1. The minimum atomic E-state index is -3.70. The molecule has 0 unspecified atom stereocenters. The molecule has 0 saturated carbocycles. The van der Waals surface area contributed by atoms with Gasteiger partial charge in [0.25, 0.3) is 10.1 Å². The fourth-order valence-electron chi connectivity index (χ4n) is 0.711. The molecule has 11 heavy (non-hydrogen) atoms. The Hall–Kier alpha value is 0.910. The SMILES string of the molecule is CCCCCCS(=O)(=O)O.[H-].[Na+]. The Labute approximate surface area is 92.1 Å². The molecule has 0 atom stereocenters. The van der Waals surface area contributed by atoms with Gasteiger partial charge in [0.15, 0.2) is 0 Å². The van der Waals surface area contributed by atoms with Crippen molar-refractivity contribution >= 4 is 10.1 Å². The van der Waals surface area contributed by atoms with E-state index >= 15 is 0 Å². The van der Waals surface area contributed by atoms with E-state index in [1.807, 2.05) is 6.92 Å². The molecule has 0 aliphatic heterocycles. The van der Waals surface area contributed by atoms with Gasteiger partial charge in [0.05, 0.1) is 5.75 Å². The van der Waals surface area contributed by atoms with Gasteiger partial charge in [-0.3, -0.25) is 4.55 Å². The predicted molar refractivity (Wildman–Crippen MR) is 41.7 cm³/mol. The van der Waals surface area contributed by atoms with Crippen LogP contribution in [0.3, 0.4) is 0 Å². The molecule has 0 bridgehead atoms. The summed E-state index contributed by atoms with van der Waals surface area (Å²) < 4.78 is 28.6. The van der Waals surface area contributed by atoms with Crippen molar-refractivity contribution in [3.63, 3.8) is 0 Å². The van der Waals surface area contributed by atoms with Gasteiger partial charge in [-0.15, -0.1) is 0 Å². The predicted octanol–water partition coefficient (Wildman–Crippen LogP) is -1.43. The van der Waals surface area contributed by atoms with Crippen LogP contribution in [0.5, 0.6) is 0 Å². The number of rotatable bonds is 5. The molecule has 0 saturated heterocycles. The van der Waals surface area contributed by atoms with Crippen LogP contribution in [0.15, 0.2) is 0 Å². The maximum Gasteiger partial charge on any atom is 1.00 e. The molecule has 0 fully saturated rings. The Morgan fingerprint density at radius 3 is 2.18 bits per heavy atom. The first-order valence-corrected chi connectivity index (χ1v) is 5.12. The van der Waals surface area contributed by atoms with Crippen LogP contribution >= 0.6 is 0 Å². The van der Waals surface area contributed by atoms with Crippen molar-refractivity contribution < 1.29 is 44.0 Å². The van der Waals surface area contributed by atoms with Crippen molar-refractivity contribution in [2.75, 3.05) is 5.75 Å². The molecule has 0 aromatic rings. The van der Waals surface area contributed by atoms with Crippen LogP contribution in [-0.4, -0.2) is 18.7 Å². The third-order valence-corrected chi connectivity index (χ3v) is 2.06. The molecular formula is C6H15NaO3S. The maximum absolute atomic E-state index is 10.1. The molecule has 0 aromatic heterocycles. The topological polar surface area (TPSA) is 54.4 Å². The summed E-state index contributed by atoms with van der Waals surface area (Å²) in [4.78, 5) is 0. The number of unbranched alkanes of at least 4 members (excludes halogenated alkanes) is 3. The van der Waals surface area contributed by atoms with Gasteiger partial charge in [-0.05, 0) is 6.42 Å². The van der Waals surface area contributed by atoms with E-state index in [0.29, 0.717) is 6.42 Å². The van der Waals surface area contributed by atoms with E-state index in [1.165, 1.54) is 0 Å². The van der Waals surface area contributed by atoms with Gasteiger partial charge in [0, 0.05) is 0 Å². The van der Waals surface area contributed by atoms with Crippen molar-refractivity contribution in [2.45, 2.75) is 32.6 Å². The summed E-state index contributed by atoms with van der Waals surface area (Å²) >= 11 is 0. The molecule has 0 aliphatic rings. The molecule has 0 heterocycles. The molecule has 0 amide bonds. The van der Waals surface area contributed by atoms with Crippen LogP contribution in [0, 0.1) is 0 Å². The molecule has 3 nitrogen and oxygen atoms in total. The Morgan fingerprint density at radius 2 is 1.82 bits per heavy atom. The summed E-state index contributed by atoms with van der Waals surface area (Å²) in [6.45, 7) is 2.05. The minimum Gasteiger partial charge on any atom is -1.00 e. The van der Waals surface area contributed by atoms with Crippen molar-refractivity contribution in [2.24, 2.45) is 0 Å². The van der Waals surface area contributed by atoms with Crippen molar-refractivity contribution in [1.29, 1.82) is 0 Å². The smallest absolute Gasteiger partial charge is 1.00 e. The van der Waals surface area contributed by atoms with Gasteiger partial charge in [-0.25, -0.2) is 0 Å². The zero-order valence-corrected chi connectivity index (χ0v) is 10.0. The second-order valence-corrected chi connectivity index (χ2v) is 3.92. The second kappa shape index (κ2) is 7.55. The zero-order chi connectivity index (χ0) is 8.04. The van der Waals surface area contributed by atoms with Gasteiger partial charge in [0.2, 0.25) is 0 Å². The molecule has 0 rings (SSSR count). The minimum absolute atomic E-state index is 0. The standard InChI is InChI=1S/C6H14O3S.Na.H/c1-2-3-4-5-6-10(7,8)9;;/h2-6H2,1H3,(H,7,8,9);;/q;+1;-1. The molecule has 0 spiro atoms. The summed E-state index contributed by atoms with van der Waals surface area (Å²) in [5.41, 5.74) is 0. The summed E-state index contributed by atoms with van der Waals surface area (Å²) in [6.07, 6.45) is 3.57. The van der Waals surface area contributed by atoms with E-state index < -0.39 is 10.1 Å². The first-order chi connectivity index (χ1) is 4.56. The molecule has 1 N–H and O–H groups in total. The van der Waals surface area contributed by atoms with Crippen LogP contribution in [0.25, 0.3) is 0 Å². The molecule has 0 aromatic carbocycles. The average Bonchev–Trinajstić information content (AvgIpc) is 1.78. The van der Waals surface area contributed by atoms with Crippen molar-refractivity contribution in [3.05, 3.63) is 0 Å². The van der Waals surface area contributed by atoms with E-state index in [0.717, 1.165) is 19.3 Å². The third kappa shape index (κ3) is 13.8. The Bertz CT molecular complexity index is 170. The average molecular weight is 190 g/mol. The summed E-state index contributed by atoms with van der Waals surface area (Å²) in [5.74, 6) is -0.0903. The van der Waals surface area contributed by atoms with Crippen LogP contribution in [-0.2, 0) is 10.1 Å². The van der Waals surface area contributed by atoms with E-state index in [9.17, 15) is 8.42 Å². The molecule has 64 valence electrons. The van der Waals surface area contributed by atoms with Crippen LogP contribution in [0.1, 0.15) is 34.0 Å². The van der Waals surface area contributed by atoms with Gasteiger partial charge < -0.3 is 1.43 Å². The van der Waals surface area contributed by atoms with Crippen LogP contribution in [0.2, 0.25) is 0 Å². The van der Waals surface area contributed by atoms with Gasteiger partial charge >= 0.3 is 29.6 Å². The van der Waals surface area contributed by atoms with Gasteiger partial charge in [-0.2, -0.15) is 8.42 Å². The van der Waals surface area contributed by atoms with E-state index in [1.54, 1.807) is 0 Å². The van der Waals surface area contributed by atoms with Crippen molar-refractivity contribution in [3.8, 4) is 0 Å². The Balaban J connectivity index is -0.000000405. The maximum atomic E-state index is 10.1. The molecule has 0 radical (unpaired) electrons. The van der Waals surface area contributed by atoms with Crippen molar-refractivity contribution in [1.82, 2.24) is 0 Å². The van der Waals surface area contributed by atoms with Crippen LogP contribution < -0.4 is 29.6 Å². The molecule has 0 aliphatic carbocycles. The molecule has 5 heteroatoms. The first-order valence-electron chi connectivity index (χ1n) is 3.51. The summed E-state index contributed by atoms with van der Waals surface area (Å²) in [7, 11) is -3.70. The van der Waals surface area contributed by atoms with Crippen LogP contribution in [0.4, 0.5) is 0 Å². The monoisotopic (exact) mass is 190 g/mol. The number of hydrogen-bond acceptors (Lipinski definition) is 2. The second-order valence-electron chi connectivity index (χ2n) is 2.35. The van der Waals surface area contributed by atoms with E-state index in [-0.39, 0.29) is 36.7 Å². The quantitative estimate of drug-likeness (QED) is 0.328. The Morgan fingerprint density at radius 1 is 1.27 bits per heavy atom. The normalized spacial score (nSPS) is 10.7. The molecular weight excluding hydrogens is 175 g/mol. The fraction of sp³-hybridized carbons (Fsp3) is 1.00. The van der Waals surface area contributed by atoms with Gasteiger partial charge in [-0.1, -0.05) is 26.2 Å². The van der Waals surface area contributed by atoms with E-state index in [2.05, 4.69) is 0 Å². The first kappa shape index (κ1) is 14.4. The summed E-state index contributed by atoms with van der Waals surface area (Å²) in [5, 5.41) is 0. The largest absolute Gasteiger partial charge is 1.00 e. The summed E-state index contributed by atoms with van der Waals surface area (Å²) in [6, 6.07) is 0. The fourth-order valence-corrected chi connectivity index (χ4v) is 1.28.